The molecule has 7 heavy (non-hydrogen) atoms. The Labute approximate surface area is 50.1 Å². The first-order chi connectivity index (χ1) is 5.37. The van der Waals surface area contributed by atoms with E-state index in [0.717, 1.165) is 0 Å². The zero-order chi connectivity index (χ0) is 9.52. The molecule has 0 aromatic carbocycles. The van der Waals surface area contributed by atoms with Crippen LogP contribution in [-0.4, -0.2) is 24.4 Å². The lowest BCUT2D eigenvalue weighted by molar-refractivity contribution is 0.0140. The topological polar surface area (TPSA) is 29.5 Å². The molecule has 4 atom stereocenters. The Hall–Kier alpha value is -0.0800. The third-order valence-electron chi connectivity index (χ3n) is 0.635. The highest BCUT2D eigenvalue weighted by Crippen LogP contribution is 2.03. The second-order valence-electron chi connectivity index (χ2n) is 1.17. The highest BCUT2D eigenvalue weighted by atomic mass is 16.5. The van der Waals surface area contributed by atoms with Crippen LogP contribution < -0.4 is 0 Å². The van der Waals surface area contributed by atoms with E-state index in [4.69, 9.17) is 6.85 Å². The molecule has 0 bridgehead atoms. The summed E-state index contributed by atoms with van der Waals surface area (Å²) in [6, 6.07) is 0. The molecule has 2 heteroatoms. The Kier molecular flexibility index (Phi) is 0.557. The molecule has 0 spiro atoms. The van der Waals surface area contributed by atoms with E-state index in [-0.39, 0.29) is 0 Å². The Bertz CT molecular complexity index is 159. The lowest BCUT2D eigenvalue weighted by Gasteiger charge is -2.15. The van der Waals surface area contributed by atoms with Crippen LogP contribution >= 0.6 is 0 Å². The molecule has 0 aromatic heterocycles. The maximum atomic E-state index is 9.22. The first-order valence-electron chi connectivity index (χ1n) is 4.75. The van der Waals surface area contributed by atoms with Crippen molar-refractivity contribution in [2.45, 2.75) is 18.9 Å². The molecule has 0 aromatic rings. The van der Waals surface area contributed by atoms with Crippen LogP contribution in [0.1, 0.15) is 19.6 Å². The summed E-state index contributed by atoms with van der Waals surface area (Å²) >= 11 is 0. The maximum absolute atomic E-state index is 9.22. The lowest BCUT2D eigenvalue weighted by atomic mass is 10.2. The fourth-order valence-electron chi connectivity index (χ4n) is 0.319. The Balaban J connectivity index is 2.82. The van der Waals surface area contributed by atoms with Gasteiger partial charge in [0.15, 0.2) is 0 Å². The molecule has 0 aliphatic carbocycles. The standard InChI is InChI=1S/C5H10O2/c6-5-1-3-7-4-2-5/h5-6H,1-4H2/i1D,2D,3D,4D,5D. The van der Waals surface area contributed by atoms with Crippen LogP contribution in [0.4, 0.5) is 0 Å². The highest BCUT2D eigenvalue weighted by Gasteiger charge is 2.07. The van der Waals surface area contributed by atoms with E-state index >= 15 is 0 Å². The third kappa shape index (κ3) is 1.45. The molecule has 42 valence electrons. The molecule has 1 saturated heterocycles. The van der Waals surface area contributed by atoms with Crippen LogP contribution in [0.5, 0.6) is 0 Å². The molecule has 0 amide bonds. The summed E-state index contributed by atoms with van der Waals surface area (Å²) in [7, 11) is 0. The van der Waals surface area contributed by atoms with E-state index in [2.05, 4.69) is 4.74 Å². The summed E-state index contributed by atoms with van der Waals surface area (Å²) < 4.78 is 40.1. The van der Waals surface area contributed by atoms with E-state index < -0.39 is 32.0 Å². The predicted octanol–water partition coefficient (Wildman–Crippen LogP) is 0.158. The molecular weight excluding hydrogens is 92.1 g/mol. The van der Waals surface area contributed by atoms with Gasteiger partial charge in [-0.05, 0) is 12.8 Å². The van der Waals surface area contributed by atoms with Crippen molar-refractivity contribution in [2.75, 3.05) is 13.2 Å². The van der Waals surface area contributed by atoms with Crippen molar-refractivity contribution in [1.29, 1.82) is 0 Å². The SMILES string of the molecule is [2H]C1OC([2H])C([2H])C([2H])(O)C1[2H]. The smallest absolute Gasteiger partial charge is 0.0602 e. The average molecular weight is 107 g/mol. The number of rotatable bonds is 0. The minimum atomic E-state index is -2.38. The minimum Gasteiger partial charge on any atom is -0.393 e. The van der Waals surface area contributed by atoms with Crippen LogP contribution in [-0.2, 0) is 4.74 Å². The summed E-state index contributed by atoms with van der Waals surface area (Å²) in [5.74, 6) is 0. The monoisotopic (exact) mass is 107 g/mol. The van der Waals surface area contributed by atoms with Gasteiger partial charge in [0.1, 0.15) is 0 Å². The molecular formula is C5H10O2. The lowest BCUT2D eigenvalue weighted by Crippen LogP contribution is -2.19. The molecule has 1 aliphatic rings. The van der Waals surface area contributed by atoms with Crippen LogP contribution in [0, 0.1) is 0 Å². The molecule has 0 saturated carbocycles. The van der Waals surface area contributed by atoms with Crippen LogP contribution in [0.15, 0.2) is 0 Å². The summed E-state index contributed by atoms with van der Waals surface area (Å²) in [5, 5.41) is 9.22. The molecule has 0 radical (unpaired) electrons. The van der Waals surface area contributed by atoms with Gasteiger partial charge in [0.25, 0.3) is 0 Å². The molecule has 1 rings (SSSR count). The first-order valence-corrected chi connectivity index (χ1v) is 1.94. The number of ether oxygens (including phenoxy) is 1. The normalized spacial score (nSPS) is 95.9. The van der Waals surface area contributed by atoms with E-state index in [1.165, 1.54) is 0 Å². The quantitative estimate of drug-likeness (QED) is 0.477. The number of hydrogen-bond donors (Lipinski definition) is 1. The maximum Gasteiger partial charge on any atom is 0.0602 e. The summed E-state index contributed by atoms with van der Waals surface area (Å²) in [4.78, 5) is 0. The van der Waals surface area contributed by atoms with Crippen molar-refractivity contribution in [2.24, 2.45) is 0 Å². The summed E-state index contributed by atoms with van der Waals surface area (Å²) in [6.45, 7) is -2.84. The largest absolute Gasteiger partial charge is 0.393 e. The van der Waals surface area contributed by atoms with Gasteiger partial charge in [-0.1, -0.05) is 0 Å². The van der Waals surface area contributed by atoms with E-state index in [9.17, 15) is 5.11 Å². The van der Waals surface area contributed by atoms with Gasteiger partial charge in [-0.3, -0.25) is 0 Å². The summed E-state index contributed by atoms with van der Waals surface area (Å²) in [5.41, 5.74) is 0. The molecule has 4 unspecified atom stereocenters. The van der Waals surface area contributed by atoms with Crippen molar-refractivity contribution < 1.29 is 16.7 Å². The van der Waals surface area contributed by atoms with Crippen LogP contribution in [0.2, 0.25) is 0 Å². The van der Waals surface area contributed by atoms with E-state index in [1.807, 2.05) is 0 Å². The molecule has 1 fully saturated rings. The van der Waals surface area contributed by atoms with Crippen molar-refractivity contribution in [3.8, 4) is 0 Å². The third-order valence-corrected chi connectivity index (χ3v) is 0.635. The Morgan fingerprint density at radius 3 is 2.86 bits per heavy atom. The fraction of sp³-hybridized carbons (Fsp3) is 1.00. The van der Waals surface area contributed by atoms with Gasteiger partial charge < -0.3 is 9.84 Å². The van der Waals surface area contributed by atoms with Crippen molar-refractivity contribution in [3.05, 3.63) is 0 Å². The van der Waals surface area contributed by atoms with E-state index in [1.54, 1.807) is 0 Å². The van der Waals surface area contributed by atoms with Gasteiger partial charge in [0.2, 0.25) is 0 Å². The van der Waals surface area contributed by atoms with Crippen LogP contribution in [0.25, 0.3) is 0 Å². The van der Waals surface area contributed by atoms with Gasteiger partial charge in [-0.25, -0.2) is 0 Å². The highest BCUT2D eigenvalue weighted by molar-refractivity contribution is 4.58. The predicted molar refractivity (Wildman–Crippen MR) is 26.1 cm³/mol. The van der Waals surface area contributed by atoms with Crippen molar-refractivity contribution in [1.82, 2.24) is 0 Å². The van der Waals surface area contributed by atoms with Gasteiger partial charge in [0.05, 0.1) is 10.2 Å². The number of hydrogen-bond acceptors (Lipinski definition) is 2. The van der Waals surface area contributed by atoms with Crippen LogP contribution in [0.3, 0.4) is 0 Å². The average Bonchev–Trinajstić information content (AvgIpc) is 1.99. The zero-order valence-electron chi connectivity index (χ0n) is 8.66. The second-order valence-corrected chi connectivity index (χ2v) is 1.17. The molecule has 2 nitrogen and oxygen atoms in total. The first kappa shape index (κ1) is 1.71. The van der Waals surface area contributed by atoms with Crippen molar-refractivity contribution in [3.63, 3.8) is 0 Å². The fourth-order valence-corrected chi connectivity index (χ4v) is 0.319. The van der Waals surface area contributed by atoms with Gasteiger partial charge in [-0.15, -0.1) is 0 Å². The second kappa shape index (κ2) is 2.28. The number of aliphatic hydroxyl groups is 1. The Morgan fingerprint density at radius 1 is 1.71 bits per heavy atom. The molecule has 1 aliphatic heterocycles. The Morgan fingerprint density at radius 2 is 2.29 bits per heavy atom. The van der Waals surface area contributed by atoms with Crippen molar-refractivity contribution >= 4 is 0 Å². The van der Waals surface area contributed by atoms with Gasteiger partial charge >= 0.3 is 0 Å². The van der Waals surface area contributed by atoms with E-state index in [0.29, 0.717) is 0 Å². The zero-order valence-corrected chi connectivity index (χ0v) is 3.66. The van der Waals surface area contributed by atoms with Gasteiger partial charge in [-0.2, -0.15) is 0 Å². The molecule has 1 N–H and O–H groups in total. The van der Waals surface area contributed by atoms with Gasteiger partial charge in [0, 0.05) is 15.9 Å². The molecule has 1 heterocycles. The summed E-state index contributed by atoms with van der Waals surface area (Å²) in [6.07, 6.45) is -5.40. The minimum absolute atomic E-state index is 1.42.